The van der Waals surface area contributed by atoms with E-state index in [-0.39, 0.29) is 11.4 Å². The number of nitrogens with zero attached hydrogens (tertiary/aromatic N) is 2. The number of nitro groups is 1. The summed E-state index contributed by atoms with van der Waals surface area (Å²) in [6.07, 6.45) is 0. The van der Waals surface area contributed by atoms with Gasteiger partial charge in [-0.25, -0.2) is 0 Å². The summed E-state index contributed by atoms with van der Waals surface area (Å²) in [5, 5.41) is 19.9. The van der Waals surface area contributed by atoms with Gasteiger partial charge in [0.15, 0.2) is 0 Å². The topological polar surface area (TPSA) is 76.2 Å². The maximum Gasteiger partial charge on any atom is 0.311 e. The second-order valence-corrected chi connectivity index (χ2v) is 3.94. The Kier molecular flexibility index (Phi) is 3.44. The molecule has 2 aromatic carbocycles. The number of hydrogen-bond acceptors (Lipinski definition) is 4. The van der Waals surface area contributed by atoms with Crippen molar-refractivity contribution in [3.05, 3.63) is 63.7 Å². The van der Waals surface area contributed by atoms with Crippen LogP contribution in [-0.4, -0.2) is 4.92 Å². The molecule has 0 heterocycles. The van der Waals surface area contributed by atoms with Gasteiger partial charge in [0, 0.05) is 6.07 Å². The zero-order valence-electron chi connectivity index (χ0n) is 10.2. The molecule has 2 rings (SSSR count). The Morgan fingerprint density at radius 2 is 1.95 bits per heavy atom. The van der Waals surface area contributed by atoms with Crippen molar-refractivity contribution in [1.82, 2.24) is 0 Å². The summed E-state index contributed by atoms with van der Waals surface area (Å²) in [6.45, 7) is 1.85. The summed E-state index contributed by atoms with van der Waals surface area (Å²) < 4.78 is 5.51. The highest BCUT2D eigenvalue weighted by molar-refractivity contribution is 5.52. The van der Waals surface area contributed by atoms with Gasteiger partial charge in [0.2, 0.25) is 5.75 Å². The van der Waals surface area contributed by atoms with Crippen LogP contribution in [0.3, 0.4) is 0 Å². The van der Waals surface area contributed by atoms with Crippen LogP contribution in [0.2, 0.25) is 0 Å². The Bertz CT molecular complexity index is 675. The second kappa shape index (κ2) is 5.19. The van der Waals surface area contributed by atoms with Crippen LogP contribution >= 0.6 is 0 Å². The molecule has 0 aliphatic heterocycles. The predicted molar refractivity (Wildman–Crippen MR) is 69.1 cm³/mol. The predicted octanol–water partition coefficient (Wildman–Crippen LogP) is 3.57. The third kappa shape index (κ3) is 2.69. The number of aryl methyl sites for hydroxylation is 1. The van der Waals surface area contributed by atoms with Crippen LogP contribution in [-0.2, 0) is 0 Å². The molecule has 0 N–H and O–H groups in total. The fourth-order valence-corrected chi connectivity index (χ4v) is 1.62. The third-order valence-electron chi connectivity index (χ3n) is 2.54. The normalized spacial score (nSPS) is 9.68. The van der Waals surface area contributed by atoms with Crippen LogP contribution in [0.15, 0.2) is 42.5 Å². The van der Waals surface area contributed by atoms with Gasteiger partial charge in [-0.15, -0.1) is 0 Å². The Balaban J connectivity index is 2.45. The van der Waals surface area contributed by atoms with Gasteiger partial charge in [0.25, 0.3) is 0 Å². The fraction of sp³-hybridized carbons (Fsp3) is 0.0714. The van der Waals surface area contributed by atoms with Gasteiger partial charge in [-0.1, -0.05) is 18.2 Å². The van der Waals surface area contributed by atoms with Crippen molar-refractivity contribution in [2.75, 3.05) is 0 Å². The molecule has 94 valence electrons. The van der Waals surface area contributed by atoms with Crippen LogP contribution in [0, 0.1) is 28.4 Å². The SMILES string of the molecule is Cc1ccc(C#N)c(Oc2ccccc2[N+](=O)[O-])c1. The standard InChI is InChI=1S/C14H10N2O3/c1-10-6-7-11(9-15)14(8-10)19-13-5-3-2-4-12(13)16(17)18/h2-8H,1H3. The number of ether oxygens (including phenoxy) is 1. The Labute approximate surface area is 109 Å². The number of benzene rings is 2. The average Bonchev–Trinajstić information content (AvgIpc) is 2.39. The smallest absolute Gasteiger partial charge is 0.311 e. The lowest BCUT2D eigenvalue weighted by Crippen LogP contribution is -1.94. The molecule has 0 amide bonds. The number of hydrogen-bond donors (Lipinski definition) is 0. The molecule has 0 atom stereocenters. The zero-order chi connectivity index (χ0) is 13.8. The van der Waals surface area contributed by atoms with E-state index in [0.717, 1.165) is 5.56 Å². The molecule has 0 saturated carbocycles. The van der Waals surface area contributed by atoms with Crippen molar-refractivity contribution in [3.8, 4) is 17.6 Å². The van der Waals surface area contributed by atoms with Crippen LogP contribution in [0.4, 0.5) is 5.69 Å². The molecule has 0 radical (unpaired) electrons. The minimum Gasteiger partial charge on any atom is -0.449 e. The molecule has 0 spiro atoms. The van der Waals surface area contributed by atoms with E-state index in [1.165, 1.54) is 12.1 Å². The lowest BCUT2D eigenvalue weighted by Gasteiger charge is -2.08. The molecular formula is C14H10N2O3. The van der Waals surface area contributed by atoms with Gasteiger partial charge in [0.05, 0.1) is 10.5 Å². The van der Waals surface area contributed by atoms with E-state index in [9.17, 15) is 10.1 Å². The maximum atomic E-state index is 10.9. The maximum absolute atomic E-state index is 10.9. The van der Waals surface area contributed by atoms with Gasteiger partial charge in [-0.3, -0.25) is 10.1 Å². The number of para-hydroxylation sites is 2. The molecule has 5 heteroatoms. The van der Waals surface area contributed by atoms with Crippen molar-refractivity contribution in [1.29, 1.82) is 5.26 Å². The number of nitriles is 1. The van der Waals surface area contributed by atoms with Crippen molar-refractivity contribution in [2.45, 2.75) is 6.92 Å². The molecule has 0 aromatic heterocycles. The monoisotopic (exact) mass is 254 g/mol. The Hall–Kier alpha value is -2.87. The van der Waals surface area contributed by atoms with Gasteiger partial charge in [-0.05, 0) is 30.7 Å². The summed E-state index contributed by atoms with van der Waals surface area (Å²) >= 11 is 0. The van der Waals surface area contributed by atoms with Crippen LogP contribution in [0.25, 0.3) is 0 Å². The Morgan fingerprint density at radius 3 is 2.63 bits per heavy atom. The van der Waals surface area contributed by atoms with Crippen molar-refractivity contribution in [3.63, 3.8) is 0 Å². The highest BCUT2D eigenvalue weighted by Crippen LogP contribution is 2.32. The first kappa shape index (κ1) is 12.6. The molecule has 0 unspecified atom stereocenters. The molecule has 5 nitrogen and oxygen atoms in total. The van der Waals surface area contributed by atoms with Gasteiger partial charge < -0.3 is 4.74 Å². The van der Waals surface area contributed by atoms with E-state index in [2.05, 4.69) is 0 Å². The highest BCUT2D eigenvalue weighted by atomic mass is 16.6. The van der Waals surface area contributed by atoms with Gasteiger partial charge >= 0.3 is 5.69 Å². The quantitative estimate of drug-likeness (QED) is 0.619. The van der Waals surface area contributed by atoms with Crippen LogP contribution in [0.1, 0.15) is 11.1 Å². The number of rotatable bonds is 3. The molecule has 2 aromatic rings. The molecule has 0 fully saturated rings. The number of nitro benzene ring substituents is 1. The minimum absolute atomic E-state index is 0.120. The highest BCUT2D eigenvalue weighted by Gasteiger charge is 2.15. The largest absolute Gasteiger partial charge is 0.449 e. The van der Waals surface area contributed by atoms with E-state index in [1.54, 1.807) is 30.3 Å². The fourth-order valence-electron chi connectivity index (χ4n) is 1.62. The summed E-state index contributed by atoms with van der Waals surface area (Å²) in [7, 11) is 0. The van der Waals surface area contributed by atoms with Crippen molar-refractivity contribution in [2.24, 2.45) is 0 Å². The summed E-state index contributed by atoms with van der Waals surface area (Å²) in [5.74, 6) is 0.436. The van der Waals surface area contributed by atoms with Gasteiger partial charge in [0.1, 0.15) is 11.8 Å². The van der Waals surface area contributed by atoms with E-state index in [0.29, 0.717) is 11.3 Å². The minimum atomic E-state index is -0.517. The first-order valence-corrected chi connectivity index (χ1v) is 5.54. The van der Waals surface area contributed by atoms with Crippen LogP contribution < -0.4 is 4.74 Å². The van der Waals surface area contributed by atoms with Crippen LogP contribution in [0.5, 0.6) is 11.5 Å². The zero-order valence-corrected chi connectivity index (χ0v) is 10.2. The van der Waals surface area contributed by atoms with E-state index in [1.807, 2.05) is 13.0 Å². The van der Waals surface area contributed by atoms with Gasteiger partial charge in [-0.2, -0.15) is 5.26 Å². The molecule has 0 aliphatic rings. The lowest BCUT2D eigenvalue weighted by molar-refractivity contribution is -0.385. The molecule has 0 aliphatic carbocycles. The van der Waals surface area contributed by atoms with Crippen molar-refractivity contribution < 1.29 is 9.66 Å². The summed E-state index contributed by atoms with van der Waals surface area (Å²) in [6, 6.07) is 13.1. The molecule has 19 heavy (non-hydrogen) atoms. The second-order valence-electron chi connectivity index (χ2n) is 3.94. The summed E-state index contributed by atoms with van der Waals surface area (Å²) in [5.41, 5.74) is 1.12. The Morgan fingerprint density at radius 1 is 1.21 bits per heavy atom. The molecule has 0 saturated heterocycles. The van der Waals surface area contributed by atoms with E-state index in [4.69, 9.17) is 10.00 Å². The van der Waals surface area contributed by atoms with Crippen molar-refractivity contribution >= 4 is 5.69 Å². The van der Waals surface area contributed by atoms with E-state index >= 15 is 0 Å². The lowest BCUT2D eigenvalue weighted by atomic mass is 10.1. The first-order valence-electron chi connectivity index (χ1n) is 5.54. The first-order chi connectivity index (χ1) is 9.11. The average molecular weight is 254 g/mol. The van der Waals surface area contributed by atoms with E-state index < -0.39 is 4.92 Å². The molecule has 0 bridgehead atoms. The summed E-state index contributed by atoms with van der Waals surface area (Å²) in [4.78, 5) is 10.4. The third-order valence-corrected chi connectivity index (χ3v) is 2.54. The molecular weight excluding hydrogens is 244 g/mol.